The van der Waals surface area contributed by atoms with Crippen LogP contribution in [0.1, 0.15) is 40.2 Å². The number of fused-ring (bicyclic) bond motifs is 1. The van der Waals surface area contributed by atoms with E-state index in [1.807, 2.05) is 31.0 Å². The lowest BCUT2D eigenvalue weighted by molar-refractivity contribution is -0.384. The van der Waals surface area contributed by atoms with E-state index in [-0.39, 0.29) is 16.0 Å². The van der Waals surface area contributed by atoms with E-state index in [1.165, 1.54) is 11.6 Å². The lowest BCUT2D eigenvalue weighted by atomic mass is 9.84. The standard InChI is InChI=1S/C26H35N6O3P/c1-8-31(9-2)36(28-21-16-15-19(35-10-3)17-23(21)32(33)34)24(18-27-30(36)7)25-26(4,5)20-13-11-12-14-22(20)29(25)6/h11-18H,8-10H2,1-7H3/b25-24+/t36-/m1/s1. The molecule has 0 saturated carbocycles. The van der Waals surface area contributed by atoms with Gasteiger partial charge in [0, 0.05) is 44.0 Å². The maximum Gasteiger partial charge on any atom is 0.298 e. The highest BCUT2D eigenvalue weighted by molar-refractivity contribution is 7.67. The predicted octanol–water partition coefficient (Wildman–Crippen LogP) is 6.57. The first kappa shape index (κ1) is 25.9. The number of hydrogen-bond acceptors (Lipinski definition) is 6. The van der Waals surface area contributed by atoms with Crippen molar-refractivity contribution in [2.24, 2.45) is 9.85 Å². The lowest BCUT2D eigenvalue weighted by Crippen LogP contribution is -2.30. The third kappa shape index (κ3) is 3.91. The molecule has 0 unspecified atom stereocenters. The number of ether oxygens (including phenoxy) is 1. The summed E-state index contributed by atoms with van der Waals surface area (Å²) in [5.41, 5.74) is 3.47. The summed E-state index contributed by atoms with van der Waals surface area (Å²) in [6, 6.07) is 13.3. The number of allylic oxidation sites excluding steroid dienone is 2. The summed E-state index contributed by atoms with van der Waals surface area (Å²) in [6.45, 7) is 12.4. The van der Waals surface area contributed by atoms with Crippen LogP contribution in [0.4, 0.5) is 17.1 Å². The minimum absolute atomic E-state index is 0.0700. The van der Waals surface area contributed by atoms with Crippen molar-refractivity contribution in [3.05, 3.63) is 69.2 Å². The Hall–Kier alpha value is -3.16. The summed E-state index contributed by atoms with van der Waals surface area (Å²) in [5, 5.41) is 17.9. The number of anilines is 1. The SMILES string of the molecule is CCOc1ccc(N=[P@]2(N(CC)CC)/C(=C3/N(C)c4ccccc4C3(C)C)C=NN2C)c([N+](=O)[O-])c1. The number of nitro groups is 1. The molecule has 2 aliphatic heterocycles. The Labute approximate surface area is 213 Å². The Bertz CT molecular complexity index is 1300. The third-order valence-corrected chi connectivity index (χ3v) is 10.7. The number of nitro benzene ring substituents is 1. The van der Waals surface area contributed by atoms with Crippen molar-refractivity contribution in [3.8, 4) is 5.75 Å². The molecular weight excluding hydrogens is 475 g/mol. The second-order valence-corrected chi connectivity index (χ2v) is 12.3. The zero-order valence-electron chi connectivity index (χ0n) is 22.1. The molecule has 0 radical (unpaired) electrons. The highest BCUT2D eigenvalue weighted by Crippen LogP contribution is 2.69. The Morgan fingerprint density at radius 2 is 1.83 bits per heavy atom. The first-order valence-electron chi connectivity index (χ1n) is 12.3. The fourth-order valence-electron chi connectivity index (χ4n) is 5.38. The molecule has 2 heterocycles. The maximum atomic E-state index is 12.1. The largest absolute Gasteiger partial charge is 0.494 e. The van der Waals surface area contributed by atoms with Crippen LogP contribution in [0, 0.1) is 10.1 Å². The van der Waals surface area contributed by atoms with E-state index < -0.39 is 7.36 Å². The number of nitrogens with zero attached hydrogens (tertiary/aromatic N) is 6. The average Bonchev–Trinajstić information content (AvgIpc) is 3.26. The van der Waals surface area contributed by atoms with Crippen molar-refractivity contribution in [3.63, 3.8) is 0 Å². The Morgan fingerprint density at radius 3 is 2.44 bits per heavy atom. The number of rotatable bonds is 7. The van der Waals surface area contributed by atoms with Gasteiger partial charge in [0.05, 0.1) is 29.1 Å². The van der Waals surface area contributed by atoms with E-state index in [2.05, 4.69) is 62.5 Å². The summed E-state index contributed by atoms with van der Waals surface area (Å²) in [4.78, 5) is 14.0. The number of benzene rings is 2. The van der Waals surface area contributed by atoms with E-state index in [4.69, 9.17) is 14.6 Å². The summed E-state index contributed by atoms with van der Waals surface area (Å²) >= 11 is 0. The lowest BCUT2D eigenvalue weighted by Gasteiger charge is -2.39. The van der Waals surface area contributed by atoms with Crippen LogP contribution < -0.4 is 9.64 Å². The molecule has 192 valence electrons. The van der Waals surface area contributed by atoms with Gasteiger partial charge in [-0.2, -0.15) is 5.10 Å². The van der Waals surface area contributed by atoms with Crippen LogP contribution in [0.5, 0.6) is 5.75 Å². The van der Waals surface area contributed by atoms with Gasteiger partial charge in [-0.25, -0.2) is 14.2 Å². The van der Waals surface area contributed by atoms with Crippen molar-refractivity contribution < 1.29 is 9.66 Å². The third-order valence-electron chi connectivity index (χ3n) is 7.01. The van der Waals surface area contributed by atoms with Crippen molar-refractivity contribution >= 4 is 30.6 Å². The molecular formula is C26H35N6O3P. The summed E-state index contributed by atoms with van der Waals surface area (Å²) < 4.78 is 15.0. The van der Waals surface area contributed by atoms with Crippen LogP contribution in [0.3, 0.4) is 0 Å². The smallest absolute Gasteiger partial charge is 0.298 e. The molecule has 2 aromatic carbocycles. The molecule has 2 aliphatic rings. The number of para-hydroxylation sites is 1. The van der Waals surface area contributed by atoms with Crippen molar-refractivity contribution in [2.75, 3.05) is 38.7 Å². The zero-order chi connectivity index (χ0) is 26.3. The van der Waals surface area contributed by atoms with E-state index >= 15 is 0 Å². The van der Waals surface area contributed by atoms with Gasteiger partial charge in [0.2, 0.25) is 0 Å². The van der Waals surface area contributed by atoms with Crippen LogP contribution in [-0.2, 0) is 5.41 Å². The van der Waals surface area contributed by atoms with Gasteiger partial charge < -0.3 is 9.64 Å². The number of hydrogen-bond donors (Lipinski definition) is 0. The molecule has 0 fully saturated rings. The molecule has 0 bridgehead atoms. The van der Waals surface area contributed by atoms with Crippen LogP contribution in [0.2, 0.25) is 0 Å². The Morgan fingerprint density at radius 1 is 1.14 bits per heavy atom. The van der Waals surface area contributed by atoms with Gasteiger partial charge in [0.25, 0.3) is 5.69 Å². The van der Waals surface area contributed by atoms with Crippen LogP contribution in [0.15, 0.2) is 63.3 Å². The second kappa shape index (κ2) is 9.71. The average molecular weight is 511 g/mol. The van der Waals surface area contributed by atoms with Crippen molar-refractivity contribution in [1.82, 2.24) is 9.45 Å². The van der Waals surface area contributed by atoms with E-state index in [9.17, 15) is 10.1 Å². The Balaban J connectivity index is 2.07. The second-order valence-electron chi connectivity index (χ2n) is 9.32. The molecule has 0 spiro atoms. The van der Waals surface area contributed by atoms with Crippen LogP contribution >= 0.6 is 7.36 Å². The van der Waals surface area contributed by atoms with Crippen molar-refractivity contribution in [1.29, 1.82) is 0 Å². The molecule has 0 amide bonds. The van der Waals surface area contributed by atoms with Crippen LogP contribution in [0.25, 0.3) is 0 Å². The normalized spacial score (nSPS) is 22.3. The van der Waals surface area contributed by atoms with E-state index in [1.54, 1.807) is 12.1 Å². The highest BCUT2D eigenvalue weighted by atomic mass is 31.2. The van der Waals surface area contributed by atoms with Gasteiger partial charge in [0.15, 0.2) is 7.36 Å². The first-order valence-corrected chi connectivity index (χ1v) is 13.9. The molecule has 36 heavy (non-hydrogen) atoms. The van der Waals surface area contributed by atoms with Gasteiger partial charge in [-0.15, -0.1) is 0 Å². The Kier molecular flexibility index (Phi) is 6.99. The fourth-order valence-corrected chi connectivity index (χ4v) is 9.10. The summed E-state index contributed by atoms with van der Waals surface area (Å²) in [5.74, 6) is 0.458. The molecule has 0 N–H and O–H groups in total. The highest BCUT2D eigenvalue weighted by Gasteiger charge is 2.48. The molecule has 0 aromatic heterocycles. The van der Waals surface area contributed by atoms with Crippen LogP contribution in [-0.4, -0.2) is 54.4 Å². The molecule has 4 rings (SSSR count). The fraction of sp³-hybridized carbons (Fsp3) is 0.423. The number of likely N-dealkylation sites (N-methyl/N-ethyl adjacent to an activating group) is 1. The van der Waals surface area contributed by atoms with Gasteiger partial charge in [-0.1, -0.05) is 45.9 Å². The summed E-state index contributed by atoms with van der Waals surface area (Å²) in [7, 11) is 1.30. The summed E-state index contributed by atoms with van der Waals surface area (Å²) in [6.07, 6.45) is 1.91. The first-order chi connectivity index (χ1) is 17.1. The zero-order valence-corrected chi connectivity index (χ0v) is 23.0. The van der Waals surface area contributed by atoms with Gasteiger partial charge in [-0.05, 0) is 30.7 Å². The minimum Gasteiger partial charge on any atom is -0.494 e. The van der Waals surface area contributed by atoms with Gasteiger partial charge in [-0.3, -0.25) is 10.1 Å². The predicted molar refractivity (Wildman–Crippen MR) is 147 cm³/mol. The molecule has 0 aliphatic carbocycles. The van der Waals surface area contributed by atoms with Gasteiger partial charge >= 0.3 is 0 Å². The molecule has 2 aromatic rings. The monoisotopic (exact) mass is 510 g/mol. The van der Waals surface area contributed by atoms with E-state index in [0.29, 0.717) is 18.0 Å². The molecule has 10 heteroatoms. The topological polar surface area (TPSA) is 86.8 Å². The number of hydrazone groups is 1. The minimum atomic E-state index is -2.71. The van der Waals surface area contributed by atoms with E-state index in [0.717, 1.165) is 29.8 Å². The maximum absolute atomic E-state index is 12.1. The molecule has 0 saturated heterocycles. The molecule has 9 nitrogen and oxygen atoms in total. The van der Waals surface area contributed by atoms with Crippen molar-refractivity contribution in [2.45, 2.75) is 40.0 Å². The molecule has 1 atom stereocenters. The van der Waals surface area contributed by atoms with Gasteiger partial charge in [0.1, 0.15) is 11.4 Å². The quantitative estimate of drug-likeness (QED) is 0.238.